The van der Waals surface area contributed by atoms with Crippen molar-refractivity contribution in [2.24, 2.45) is 0 Å². The molecule has 0 aliphatic heterocycles. The standard InChI is InChI=1S/C13H18O4/c1-4-16-12(13(14)15)10-6-5-7-11(8-10)17-9(2)3/h5-9,12H,4H2,1-3H3,(H,14,15). The molecule has 0 bridgehead atoms. The Kier molecular flexibility index (Phi) is 4.97. The van der Waals surface area contributed by atoms with Crippen molar-refractivity contribution >= 4 is 5.97 Å². The van der Waals surface area contributed by atoms with Crippen LogP contribution in [0.15, 0.2) is 24.3 Å². The summed E-state index contributed by atoms with van der Waals surface area (Å²) in [6.45, 7) is 5.96. The van der Waals surface area contributed by atoms with E-state index in [1.54, 1.807) is 31.2 Å². The lowest BCUT2D eigenvalue weighted by molar-refractivity contribution is -0.150. The van der Waals surface area contributed by atoms with Gasteiger partial charge < -0.3 is 14.6 Å². The fourth-order valence-corrected chi connectivity index (χ4v) is 1.50. The normalized spacial score (nSPS) is 12.5. The minimum Gasteiger partial charge on any atom is -0.491 e. The van der Waals surface area contributed by atoms with Gasteiger partial charge in [0.25, 0.3) is 0 Å². The molecular formula is C13H18O4. The van der Waals surface area contributed by atoms with Gasteiger partial charge in [-0.05, 0) is 38.5 Å². The van der Waals surface area contributed by atoms with Crippen molar-refractivity contribution in [3.63, 3.8) is 0 Å². The molecule has 0 heterocycles. The first-order valence-electron chi connectivity index (χ1n) is 5.65. The van der Waals surface area contributed by atoms with E-state index in [0.717, 1.165) is 0 Å². The number of benzene rings is 1. The number of carbonyl (C=O) groups is 1. The molecule has 17 heavy (non-hydrogen) atoms. The molecule has 0 aliphatic carbocycles. The molecule has 1 atom stereocenters. The molecule has 0 radical (unpaired) electrons. The number of carboxylic acid groups (broad SMARTS) is 1. The number of ether oxygens (including phenoxy) is 2. The molecule has 4 nitrogen and oxygen atoms in total. The van der Waals surface area contributed by atoms with E-state index in [2.05, 4.69) is 0 Å². The molecule has 0 spiro atoms. The first-order valence-corrected chi connectivity index (χ1v) is 5.65. The smallest absolute Gasteiger partial charge is 0.337 e. The van der Waals surface area contributed by atoms with Crippen molar-refractivity contribution in [3.05, 3.63) is 29.8 Å². The van der Waals surface area contributed by atoms with Crippen LogP contribution in [0.1, 0.15) is 32.4 Å². The molecular weight excluding hydrogens is 220 g/mol. The highest BCUT2D eigenvalue weighted by atomic mass is 16.5. The van der Waals surface area contributed by atoms with Crippen LogP contribution < -0.4 is 4.74 Å². The first kappa shape index (κ1) is 13.5. The number of aliphatic carboxylic acids is 1. The third-order valence-electron chi connectivity index (χ3n) is 2.09. The average Bonchev–Trinajstić information content (AvgIpc) is 2.24. The predicted octanol–water partition coefficient (Wildman–Crippen LogP) is 2.64. The Bertz CT molecular complexity index is 373. The summed E-state index contributed by atoms with van der Waals surface area (Å²) in [6.07, 6.45) is -0.878. The minimum atomic E-state index is -0.992. The van der Waals surface area contributed by atoms with Crippen LogP contribution in [0.5, 0.6) is 5.75 Å². The fraction of sp³-hybridized carbons (Fsp3) is 0.462. The van der Waals surface area contributed by atoms with E-state index in [4.69, 9.17) is 14.6 Å². The molecule has 0 aromatic heterocycles. The molecule has 1 unspecified atom stereocenters. The highest BCUT2D eigenvalue weighted by Crippen LogP contribution is 2.23. The second-order valence-corrected chi connectivity index (χ2v) is 3.91. The maximum atomic E-state index is 11.1. The molecule has 1 aromatic carbocycles. The van der Waals surface area contributed by atoms with Crippen LogP contribution in [0.4, 0.5) is 0 Å². The summed E-state index contributed by atoms with van der Waals surface area (Å²) in [5, 5.41) is 9.06. The second-order valence-electron chi connectivity index (χ2n) is 3.91. The number of hydrogen-bond acceptors (Lipinski definition) is 3. The third-order valence-corrected chi connectivity index (χ3v) is 2.09. The molecule has 4 heteroatoms. The molecule has 0 saturated carbocycles. The predicted molar refractivity (Wildman–Crippen MR) is 64.2 cm³/mol. The molecule has 1 N–H and O–H groups in total. The first-order chi connectivity index (χ1) is 8.04. The van der Waals surface area contributed by atoms with Crippen LogP contribution in [-0.2, 0) is 9.53 Å². The van der Waals surface area contributed by atoms with Crippen LogP contribution in [0.2, 0.25) is 0 Å². The highest BCUT2D eigenvalue weighted by Gasteiger charge is 2.20. The summed E-state index contributed by atoms with van der Waals surface area (Å²) in [5.41, 5.74) is 0.595. The molecule has 0 saturated heterocycles. The summed E-state index contributed by atoms with van der Waals surface area (Å²) in [6, 6.07) is 6.99. The van der Waals surface area contributed by atoms with Gasteiger partial charge in [-0.25, -0.2) is 4.79 Å². The van der Waals surface area contributed by atoms with Gasteiger partial charge in [0.2, 0.25) is 0 Å². The minimum absolute atomic E-state index is 0.0561. The van der Waals surface area contributed by atoms with Gasteiger partial charge in [-0.1, -0.05) is 12.1 Å². The Labute approximate surface area is 101 Å². The topological polar surface area (TPSA) is 55.8 Å². The van der Waals surface area contributed by atoms with Crippen molar-refractivity contribution in [1.29, 1.82) is 0 Å². The zero-order valence-electron chi connectivity index (χ0n) is 10.3. The van der Waals surface area contributed by atoms with Gasteiger partial charge in [0.15, 0.2) is 6.10 Å². The summed E-state index contributed by atoms with van der Waals surface area (Å²) in [7, 11) is 0. The zero-order chi connectivity index (χ0) is 12.8. The van der Waals surface area contributed by atoms with Gasteiger partial charge in [-0.15, -0.1) is 0 Å². The SMILES string of the molecule is CCOC(C(=O)O)c1cccc(OC(C)C)c1. The third kappa shape index (κ3) is 4.07. The van der Waals surface area contributed by atoms with E-state index in [0.29, 0.717) is 17.9 Å². The second kappa shape index (κ2) is 6.25. The monoisotopic (exact) mass is 238 g/mol. The summed E-state index contributed by atoms with van der Waals surface area (Å²) < 4.78 is 10.7. The van der Waals surface area contributed by atoms with E-state index in [1.807, 2.05) is 13.8 Å². The van der Waals surface area contributed by atoms with Crippen molar-refractivity contribution in [1.82, 2.24) is 0 Å². The Morgan fingerprint density at radius 2 is 2.12 bits per heavy atom. The van der Waals surface area contributed by atoms with Crippen LogP contribution >= 0.6 is 0 Å². The summed E-state index contributed by atoms with van der Waals surface area (Å²) in [4.78, 5) is 11.1. The van der Waals surface area contributed by atoms with Gasteiger partial charge in [0.1, 0.15) is 5.75 Å². The van der Waals surface area contributed by atoms with Crippen molar-refractivity contribution in [2.45, 2.75) is 33.0 Å². The van der Waals surface area contributed by atoms with E-state index in [-0.39, 0.29) is 6.10 Å². The zero-order valence-corrected chi connectivity index (χ0v) is 10.3. The average molecular weight is 238 g/mol. The van der Waals surface area contributed by atoms with Crippen LogP contribution in [0.25, 0.3) is 0 Å². The maximum Gasteiger partial charge on any atom is 0.337 e. The Balaban J connectivity index is 2.91. The number of carboxylic acids is 1. The Morgan fingerprint density at radius 1 is 1.41 bits per heavy atom. The van der Waals surface area contributed by atoms with E-state index in [9.17, 15) is 4.79 Å². The molecule has 0 aliphatic rings. The molecule has 94 valence electrons. The quantitative estimate of drug-likeness (QED) is 0.827. The highest BCUT2D eigenvalue weighted by molar-refractivity contribution is 5.74. The van der Waals surface area contributed by atoms with Gasteiger partial charge in [-0.3, -0.25) is 0 Å². The Morgan fingerprint density at radius 3 is 2.65 bits per heavy atom. The van der Waals surface area contributed by atoms with Crippen LogP contribution in [-0.4, -0.2) is 23.8 Å². The van der Waals surface area contributed by atoms with Crippen molar-refractivity contribution in [3.8, 4) is 5.75 Å². The lowest BCUT2D eigenvalue weighted by Gasteiger charge is -2.15. The number of rotatable bonds is 6. The summed E-state index contributed by atoms with van der Waals surface area (Å²) in [5.74, 6) is -0.336. The Hall–Kier alpha value is -1.55. The number of hydrogen-bond donors (Lipinski definition) is 1. The van der Waals surface area contributed by atoms with Crippen molar-refractivity contribution < 1.29 is 19.4 Å². The van der Waals surface area contributed by atoms with Gasteiger partial charge in [0, 0.05) is 6.61 Å². The fourth-order valence-electron chi connectivity index (χ4n) is 1.50. The lowest BCUT2D eigenvalue weighted by atomic mass is 10.1. The largest absolute Gasteiger partial charge is 0.491 e. The molecule has 1 rings (SSSR count). The van der Waals surface area contributed by atoms with Crippen LogP contribution in [0.3, 0.4) is 0 Å². The lowest BCUT2D eigenvalue weighted by Crippen LogP contribution is -2.15. The van der Waals surface area contributed by atoms with Gasteiger partial charge >= 0.3 is 5.97 Å². The van der Waals surface area contributed by atoms with E-state index in [1.165, 1.54) is 0 Å². The van der Waals surface area contributed by atoms with Crippen LogP contribution in [0, 0.1) is 0 Å². The van der Waals surface area contributed by atoms with Crippen molar-refractivity contribution in [2.75, 3.05) is 6.61 Å². The summed E-state index contributed by atoms with van der Waals surface area (Å²) >= 11 is 0. The maximum absolute atomic E-state index is 11.1. The van der Waals surface area contributed by atoms with Gasteiger partial charge in [0.05, 0.1) is 6.10 Å². The van der Waals surface area contributed by atoms with E-state index >= 15 is 0 Å². The molecule has 1 aromatic rings. The molecule has 0 amide bonds. The molecule has 0 fully saturated rings. The van der Waals surface area contributed by atoms with E-state index < -0.39 is 12.1 Å². The van der Waals surface area contributed by atoms with Gasteiger partial charge in [-0.2, -0.15) is 0 Å².